The van der Waals surface area contributed by atoms with Crippen molar-refractivity contribution in [2.45, 2.75) is 11.8 Å². The molecule has 166 valence electrons. The summed E-state index contributed by atoms with van der Waals surface area (Å²) in [6.07, 6.45) is 1.88. The van der Waals surface area contributed by atoms with Gasteiger partial charge in [0.2, 0.25) is 0 Å². The number of benzene rings is 2. The van der Waals surface area contributed by atoms with Crippen LogP contribution in [0.1, 0.15) is 16.1 Å². The monoisotopic (exact) mass is 451 g/mol. The number of rotatable bonds is 8. The highest BCUT2D eigenvalue weighted by atomic mass is 32.2. The van der Waals surface area contributed by atoms with E-state index in [4.69, 9.17) is 4.98 Å². The summed E-state index contributed by atoms with van der Waals surface area (Å²) in [4.78, 5) is 36.2. The zero-order chi connectivity index (χ0) is 23.3. The van der Waals surface area contributed by atoms with E-state index in [1.807, 2.05) is 55.6 Å². The molecule has 0 atom stereocenters. The van der Waals surface area contributed by atoms with Gasteiger partial charge in [0.1, 0.15) is 0 Å². The predicted molar refractivity (Wildman–Crippen MR) is 127 cm³/mol. The van der Waals surface area contributed by atoms with Crippen LogP contribution >= 0.6 is 11.8 Å². The van der Waals surface area contributed by atoms with Gasteiger partial charge in [-0.15, -0.1) is 11.8 Å². The maximum absolute atomic E-state index is 13.2. The third-order valence-corrected chi connectivity index (χ3v) is 5.64. The van der Waals surface area contributed by atoms with Crippen LogP contribution in [0.2, 0.25) is 0 Å². The molecule has 8 nitrogen and oxygen atoms in total. The third-order valence-electron chi connectivity index (χ3n) is 4.84. The summed E-state index contributed by atoms with van der Waals surface area (Å²) in [5.74, 6) is 0.152. The minimum Gasteiger partial charge on any atom is -0.351 e. The molecular formula is C23H25N5O3S. The summed E-state index contributed by atoms with van der Waals surface area (Å²) < 4.78 is 0. The number of nitro benzene ring substituents is 1. The van der Waals surface area contributed by atoms with E-state index >= 15 is 0 Å². The topological polar surface area (TPSA) is 101 Å². The first-order chi connectivity index (χ1) is 15.3. The largest absolute Gasteiger partial charge is 0.351 e. The quantitative estimate of drug-likeness (QED) is 0.313. The van der Waals surface area contributed by atoms with Crippen LogP contribution in [0.4, 0.5) is 5.69 Å². The van der Waals surface area contributed by atoms with Gasteiger partial charge in [0.05, 0.1) is 21.9 Å². The minimum atomic E-state index is -0.448. The summed E-state index contributed by atoms with van der Waals surface area (Å²) in [6.45, 7) is 2.89. The van der Waals surface area contributed by atoms with E-state index in [0.29, 0.717) is 41.4 Å². The zero-order valence-corrected chi connectivity index (χ0v) is 19.3. The molecule has 0 radical (unpaired) electrons. The molecule has 0 saturated heterocycles. The number of thioether (sulfide) groups is 1. The third kappa shape index (κ3) is 5.30. The van der Waals surface area contributed by atoms with Gasteiger partial charge in [-0.25, -0.2) is 9.97 Å². The van der Waals surface area contributed by atoms with E-state index in [0.717, 1.165) is 10.5 Å². The Labute approximate surface area is 191 Å². The number of carbonyl (C=O) groups excluding carboxylic acids is 1. The van der Waals surface area contributed by atoms with Gasteiger partial charge in [0.25, 0.3) is 11.6 Å². The summed E-state index contributed by atoms with van der Waals surface area (Å²) in [7, 11) is 3.85. The molecule has 0 aliphatic rings. The zero-order valence-electron chi connectivity index (χ0n) is 18.5. The number of non-ortho nitro benzene ring substituents is 1. The Morgan fingerprint density at radius 2 is 1.88 bits per heavy atom. The fourth-order valence-corrected chi connectivity index (χ4v) is 3.81. The number of aryl methyl sites for hydroxylation is 1. The predicted octanol–water partition coefficient (Wildman–Crippen LogP) is 4.04. The lowest BCUT2D eigenvalue weighted by Crippen LogP contribution is -2.32. The van der Waals surface area contributed by atoms with Gasteiger partial charge in [0.15, 0.2) is 5.82 Å². The lowest BCUT2D eigenvalue weighted by atomic mass is 10.0. The fourth-order valence-electron chi connectivity index (χ4n) is 3.23. The van der Waals surface area contributed by atoms with Gasteiger partial charge < -0.3 is 10.2 Å². The molecule has 3 rings (SSSR count). The molecule has 2 aromatic carbocycles. The molecule has 1 N–H and O–H groups in total. The lowest BCUT2D eigenvalue weighted by molar-refractivity contribution is -0.384. The minimum absolute atomic E-state index is 0.0608. The van der Waals surface area contributed by atoms with Crippen LogP contribution in [0.3, 0.4) is 0 Å². The highest BCUT2D eigenvalue weighted by Crippen LogP contribution is 2.36. The van der Waals surface area contributed by atoms with Crippen LogP contribution < -0.4 is 5.32 Å². The van der Waals surface area contributed by atoms with E-state index < -0.39 is 4.92 Å². The Morgan fingerprint density at radius 1 is 1.16 bits per heavy atom. The van der Waals surface area contributed by atoms with Crippen molar-refractivity contribution in [1.82, 2.24) is 20.2 Å². The van der Waals surface area contributed by atoms with Crippen molar-refractivity contribution >= 4 is 23.4 Å². The van der Waals surface area contributed by atoms with Crippen molar-refractivity contribution in [3.63, 3.8) is 0 Å². The molecule has 3 aromatic rings. The van der Waals surface area contributed by atoms with E-state index in [1.54, 1.807) is 13.0 Å². The summed E-state index contributed by atoms with van der Waals surface area (Å²) in [6, 6.07) is 14.1. The second-order valence-corrected chi connectivity index (χ2v) is 8.27. The van der Waals surface area contributed by atoms with Gasteiger partial charge in [-0.3, -0.25) is 14.9 Å². The average Bonchev–Trinajstić information content (AvgIpc) is 2.78. The molecule has 1 heterocycles. The van der Waals surface area contributed by atoms with Gasteiger partial charge >= 0.3 is 0 Å². The van der Waals surface area contributed by atoms with Crippen molar-refractivity contribution in [3.8, 4) is 22.6 Å². The number of hydrogen-bond donors (Lipinski definition) is 1. The number of nitro groups is 1. The highest BCUT2D eigenvalue weighted by Gasteiger charge is 2.24. The summed E-state index contributed by atoms with van der Waals surface area (Å²) in [5.41, 5.74) is 2.48. The van der Waals surface area contributed by atoms with E-state index in [9.17, 15) is 14.9 Å². The number of nitrogens with zero attached hydrogens (tertiary/aromatic N) is 4. The van der Waals surface area contributed by atoms with Gasteiger partial charge in [0, 0.05) is 41.2 Å². The van der Waals surface area contributed by atoms with Crippen molar-refractivity contribution < 1.29 is 9.72 Å². The van der Waals surface area contributed by atoms with Crippen LogP contribution in [0.25, 0.3) is 22.6 Å². The van der Waals surface area contributed by atoms with Crippen LogP contribution in [0.15, 0.2) is 53.4 Å². The van der Waals surface area contributed by atoms with Crippen molar-refractivity contribution in [2.75, 3.05) is 33.4 Å². The second kappa shape index (κ2) is 10.3. The second-order valence-electron chi connectivity index (χ2n) is 7.42. The summed E-state index contributed by atoms with van der Waals surface area (Å²) in [5, 5.41) is 14.4. The van der Waals surface area contributed by atoms with Gasteiger partial charge in [-0.1, -0.05) is 30.3 Å². The van der Waals surface area contributed by atoms with Crippen LogP contribution in [-0.2, 0) is 0 Å². The molecule has 9 heteroatoms. The van der Waals surface area contributed by atoms with E-state index in [-0.39, 0.29) is 11.6 Å². The molecule has 0 spiro atoms. The number of aromatic nitrogens is 2. The Bertz CT molecular complexity index is 1140. The van der Waals surface area contributed by atoms with Crippen molar-refractivity contribution in [2.24, 2.45) is 0 Å². The Kier molecular flexibility index (Phi) is 7.55. The standard InChI is InChI=1S/C23H25N5O3S/c1-15-20(23(29)24-12-13-27(2)3)21(26-22(25-15)16-8-6-5-7-9-16)18-14-17(28(30)31)10-11-19(18)32-4/h5-11,14H,12-13H2,1-4H3,(H,24,29). The van der Waals surface area contributed by atoms with Crippen molar-refractivity contribution in [3.05, 3.63) is 69.9 Å². The first kappa shape index (κ1) is 23.4. The summed E-state index contributed by atoms with van der Waals surface area (Å²) >= 11 is 1.44. The Balaban J connectivity index is 2.21. The van der Waals surface area contributed by atoms with Gasteiger partial charge in [-0.2, -0.15) is 0 Å². The van der Waals surface area contributed by atoms with Crippen LogP contribution in [-0.4, -0.2) is 59.1 Å². The highest BCUT2D eigenvalue weighted by molar-refractivity contribution is 7.98. The molecule has 1 aromatic heterocycles. The molecule has 0 aliphatic heterocycles. The first-order valence-corrected chi connectivity index (χ1v) is 11.2. The number of nitrogens with one attached hydrogen (secondary N) is 1. The maximum Gasteiger partial charge on any atom is 0.270 e. The molecule has 32 heavy (non-hydrogen) atoms. The molecule has 0 aliphatic carbocycles. The maximum atomic E-state index is 13.2. The van der Waals surface area contributed by atoms with Crippen molar-refractivity contribution in [1.29, 1.82) is 0 Å². The molecule has 1 amide bonds. The molecule has 0 bridgehead atoms. The smallest absolute Gasteiger partial charge is 0.270 e. The van der Waals surface area contributed by atoms with E-state index in [1.165, 1.54) is 23.9 Å². The number of carbonyl (C=O) groups is 1. The van der Waals surface area contributed by atoms with Gasteiger partial charge in [-0.05, 0) is 33.3 Å². The normalized spacial score (nSPS) is 10.9. The number of likely N-dealkylation sites (N-methyl/N-ethyl adjacent to an activating group) is 1. The molecule has 0 saturated carbocycles. The number of amides is 1. The SMILES string of the molecule is CSc1ccc([N+](=O)[O-])cc1-c1nc(-c2ccccc2)nc(C)c1C(=O)NCCN(C)C. The Morgan fingerprint density at radius 3 is 2.50 bits per heavy atom. The van der Waals surface area contributed by atoms with Crippen LogP contribution in [0, 0.1) is 17.0 Å². The molecular weight excluding hydrogens is 426 g/mol. The average molecular weight is 452 g/mol. The van der Waals surface area contributed by atoms with E-state index in [2.05, 4.69) is 10.3 Å². The van der Waals surface area contributed by atoms with Crippen LogP contribution in [0.5, 0.6) is 0 Å². The molecule has 0 fully saturated rings. The lowest BCUT2D eigenvalue weighted by Gasteiger charge is -2.16. The first-order valence-electron chi connectivity index (χ1n) is 10.0. The molecule has 0 unspecified atom stereocenters. The fraction of sp³-hybridized carbons (Fsp3) is 0.261. The Hall–Kier alpha value is -3.30. The number of hydrogen-bond acceptors (Lipinski definition) is 7.